The zero-order valence-corrected chi connectivity index (χ0v) is 13.9. The fourth-order valence-corrected chi connectivity index (χ4v) is 2.66. The Kier molecular flexibility index (Phi) is 6.65. The number of nitrogens with one attached hydrogen (secondary N) is 2. The van der Waals surface area contributed by atoms with Crippen LogP contribution in [0.5, 0.6) is 0 Å². The maximum atomic E-state index is 12.0. The lowest BCUT2D eigenvalue weighted by molar-refractivity contribution is -0.141. The lowest BCUT2D eigenvalue weighted by Crippen LogP contribution is -2.43. The molecule has 1 aromatic rings. The number of aliphatic carboxylic acids is 1. The Morgan fingerprint density at radius 3 is 2.83 bits per heavy atom. The van der Waals surface area contributed by atoms with Gasteiger partial charge in [-0.2, -0.15) is 0 Å². The predicted octanol–water partition coefficient (Wildman–Crippen LogP) is 2.54. The van der Waals surface area contributed by atoms with Gasteiger partial charge >= 0.3 is 5.97 Å². The van der Waals surface area contributed by atoms with Gasteiger partial charge in [0.15, 0.2) is 0 Å². The second-order valence-corrected chi connectivity index (χ2v) is 6.07. The zero-order chi connectivity index (χ0) is 16.8. The van der Waals surface area contributed by atoms with Gasteiger partial charge in [0, 0.05) is 13.2 Å². The molecule has 0 bridgehead atoms. The minimum atomic E-state index is -1.09. The molecular weight excluding hydrogens is 343 g/mol. The van der Waals surface area contributed by atoms with Gasteiger partial charge in [-0.1, -0.05) is 29.3 Å². The molecule has 6 nitrogen and oxygen atoms in total. The van der Waals surface area contributed by atoms with Crippen molar-refractivity contribution in [3.05, 3.63) is 28.2 Å². The van der Waals surface area contributed by atoms with Crippen molar-refractivity contribution in [3.8, 4) is 0 Å². The Morgan fingerprint density at radius 1 is 1.39 bits per heavy atom. The normalized spacial score (nSPS) is 18.6. The number of amides is 1. The van der Waals surface area contributed by atoms with Crippen LogP contribution < -0.4 is 10.6 Å². The molecule has 1 aromatic carbocycles. The lowest BCUT2D eigenvalue weighted by Gasteiger charge is -2.17. The summed E-state index contributed by atoms with van der Waals surface area (Å²) in [6.07, 6.45) is 1.65. The molecule has 2 atom stereocenters. The van der Waals surface area contributed by atoms with Crippen LogP contribution in [0.25, 0.3) is 0 Å². The van der Waals surface area contributed by atoms with Crippen molar-refractivity contribution >= 4 is 40.8 Å². The molecule has 0 radical (unpaired) electrons. The van der Waals surface area contributed by atoms with Gasteiger partial charge in [0.25, 0.3) is 0 Å². The lowest BCUT2D eigenvalue weighted by atomic mass is 10.1. The average Bonchev–Trinajstić information content (AvgIpc) is 3.01. The number of carbonyl (C=O) groups excluding carboxylic acids is 1. The van der Waals surface area contributed by atoms with Crippen molar-refractivity contribution in [1.82, 2.24) is 5.32 Å². The molecule has 1 heterocycles. The summed E-state index contributed by atoms with van der Waals surface area (Å²) in [5, 5.41) is 15.2. The highest BCUT2D eigenvalue weighted by atomic mass is 35.5. The van der Waals surface area contributed by atoms with Crippen LogP contribution in [0.3, 0.4) is 0 Å². The van der Waals surface area contributed by atoms with E-state index < -0.39 is 17.9 Å². The molecule has 1 fully saturated rings. The quantitative estimate of drug-likeness (QED) is 0.695. The van der Waals surface area contributed by atoms with Crippen LogP contribution in [0.15, 0.2) is 18.2 Å². The van der Waals surface area contributed by atoms with Gasteiger partial charge in [0.2, 0.25) is 5.91 Å². The Bertz CT molecular complexity index is 577. The highest BCUT2D eigenvalue weighted by Gasteiger charge is 2.24. The smallest absolute Gasteiger partial charge is 0.321 e. The van der Waals surface area contributed by atoms with E-state index in [1.165, 1.54) is 0 Å². The monoisotopic (exact) mass is 360 g/mol. The topological polar surface area (TPSA) is 87.7 Å². The summed E-state index contributed by atoms with van der Waals surface area (Å²) in [6, 6.07) is 3.86. The summed E-state index contributed by atoms with van der Waals surface area (Å²) in [4.78, 5) is 23.3. The Hall–Kier alpha value is -1.34. The van der Waals surface area contributed by atoms with Crippen molar-refractivity contribution in [3.63, 3.8) is 0 Å². The maximum Gasteiger partial charge on any atom is 0.321 e. The first kappa shape index (κ1) is 18.0. The largest absolute Gasteiger partial charge is 0.480 e. The number of ether oxygens (including phenoxy) is 1. The Morgan fingerprint density at radius 2 is 2.17 bits per heavy atom. The fourth-order valence-electron chi connectivity index (χ4n) is 2.31. The molecule has 3 N–H and O–H groups in total. The second kappa shape index (κ2) is 8.49. The van der Waals surface area contributed by atoms with E-state index in [1.807, 2.05) is 0 Å². The van der Waals surface area contributed by atoms with Gasteiger partial charge < -0.3 is 20.5 Å². The summed E-state index contributed by atoms with van der Waals surface area (Å²) in [7, 11) is 0. The van der Waals surface area contributed by atoms with Gasteiger partial charge in [-0.15, -0.1) is 0 Å². The zero-order valence-electron chi connectivity index (χ0n) is 12.4. The second-order valence-electron chi connectivity index (χ2n) is 5.29. The van der Waals surface area contributed by atoms with E-state index in [9.17, 15) is 14.7 Å². The molecule has 126 valence electrons. The van der Waals surface area contributed by atoms with E-state index in [4.69, 9.17) is 27.9 Å². The van der Waals surface area contributed by atoms with Crippen LogP contribution >= 0.6 is 23.2 Å². The van der Waals surface area contributed by atoms with Crippen molar-refractivity contribution in [2.45, 2.75) is 31.4 Å². The van der Waals surface area contributed by atoms with Gasteiger partial charge in [-0.05, 0) is 25.0 Å². The number of rotatable bonds is 7. The summed E-state index contributed by atoms with van der Waals surface area (Å²) in [5.41, 5.74) is 0.354. The summed E-state index contributed by atoms with van der Waals surface area (Å²) < 4.78 is 5.42. The molecule has 0 saturated carbocycles. The number of carboxylic acid groups (broad SMARTS) is 1. The standard InChI is InChI=1S/C15H18Cl2N2O4/c16-10-4-1-5-11(14(10)17)19-13(20)7-12(15(21)22)18-8-9-3-2-6-23-9/h1,4-5,9,12,18H,2-3,6-8H2,(H,19,20)(H,21,22)/t9-,12+/m0/s1. The minimum absolute atomic E-state index is 0.00212. The molecule has 8 heteroatoms. The number of hydrogen-bond donors (Lipinski definition) is 3. The number of carboxylic acids is 1. The molecule has 23 heavy (non-hydrogen) atoms. The van der Waals surface area contributed by atoms with Gasteiger partial charge in [-0.3, -0.25) is 9.59 Å². The van der Waals surface area contributed by atoms with Crippen LogP contribution in [0.2, 0.25) is 10.0 Å². The fraction of sp³-hybridized carbons (Fsp3) is 0.467. The van der Waals surface area contributed by atoms with Gasteiger partial charge in [-0.25, -0.2) is 0 Å². The third kappa shape index (κ3) is 5.35. The third-order valence-electron chi connectivity index (χ3n) is 3.53. The van der Waals surface area contributed by atoms with Crippen LogP contribution in [-0.4, -0.2) is 42.3 Å². The molecule has 0 spiro atoms. The van der Waals surface area contributed by atoms with E-state index in [1.54, 1.807) is 18.2 Å². The molecule has 1 aliphatic rings. The minimum Gasteiger partial charge on any atom is -0.480 e. The van der Waals surface area contributed by atoms with Crippen LogP contribution in [0.4, 0.5) is 5.69 Å². The summed E-state index contributed by atoms with van der Waals surface area (Å²) in [5.74, 6) is -1.54. The highest BCUT2D eigenvalue weighted by molar-refractivity contribution is 6.43. The third-order valence-corrected chi connectivity index (χ3v) is 4.35. The molecule has 1 amide bonds. The van der Waals surface area contributed by atoms with Crippen LogP contribution in [-0.2, 0) is 14.3 Å². The summed E-state index contributed by atoms with van der Waals surface area (Å²) in [6.45, 7) is 1.10. The molecule has 0 aromatic heterocycles. The van der Waals surface area contributed by atoms with E-state index in [0.29, 0.717) is 23.9 Å². The highest BCUT2D eigenvalue weighted by Crippen LogP contribution is 2.29. The number of benzene rings is 1. The first-order chi connectivity index (χ1) is 11.0. The van der Waals surface area contributed by atoms with E-state index in [0.717, 1.165) is 12.8 Å². The van der Waals surface area contributed by atoms with Crippen molar-refractivity contribution in [1.29, 1.82) is 0 Å². The van der Waals surface area contributed by atoms with E-state index in [2.05, 4.69) is 10.6 Å². The molecule has 1 aliphatic heterocycles. The summed E-state index contributed by atoms with van der Waals surface area (Å²) >= 11 is 11.9. The maximum absolute atomic E-state index is 12.0. The number of carbonyl (C=O) groups is 2. The number of halogens is 2. The van der Waals surface area contributed by atoms with E-state index >= 15 is 0 Å². The number of anilines is 1. The van der Waals surface area contributed by atoms with Crippen molar-refractivity contribution < 1.29 is 19.4 Å². The molecule has 1 saturated heterocycles. The molecule has 0 unspecified atom stereocenters. The average molecular weight is 361 g/mol. The Balaban J connectivity index is 1.89. The first-order valence-electron chi connectivity index (χ1n) is 7.29. The van der Waals surface area contributed by atoms with Crippen LogP contribution in [0, 0.1) is 0 Å². The molecule has 2 rings (SSSR count). The SMILES string of the molecule is O=C(C[C@@H](NC[C@@H]1CCCO1)C(=O)O)Nc1cccc(Cl)c1Cl. The van der Waals surface area contributed by atoms with Gasteiger partial charge in [0.05, 0.1) is 28.3 Å². The van der Waals surface area contributed by atoms with Crippen molar-refractivity contribution in [2.24, 2.45) is 0 Å². The molecular formula is C15H18Cl2N2O4. The van der Waals surface area contributed by atoms with Crippen LogP contribution in [0.1, 0.15) is 19.3 Å². The first-order valence-corrected chi connectivity index (χ1v) is 8.04. The Labute approximate surface area is 144 Å². The van der Waals surface area contributed by atoms with E-state index in [-0.39, 0.29) is 17.5 Å². The van der Waals surface area contributed by atoms with Gasteiger partial charge in [0.1, 0.15) is 6.04 Å². The van der Waals surface area contributed by atoms with Crippen molar-refractivity contribution in [2.75, 3.05) is 18.5 Å². The predicted molar refractivity (Wildman–Crippen MR) is 88.1 cm³/mol. The molecule has 0 aliphatic carbocycles. The number of hydrogen-bond acceptors (Lipinski definition) is 4.